The lowest BCUT2D eigenvalue weighted by Gasteiger charge is -2.25. The van der Waals surface area contributed by atoms with Gasteiger partial charge in [-0.25, -0.2) is 0 Å². The normalized spacial score (nSPS) is 25.0. The van der Waals surface area contributed by atoms with E-state index >= 15 is 0 Å². The van der Waals surface area contributed by atoms with Gasteiger partial charge in [0.15, 0.2) is 0 Å². The second-order valence-corrected chi connectivity index (χ2v) is 5.93. The minimum Gasteiger partial charge on any atom is -0.508 e. The lowest BCUT2D eigenvalue weighted by molar-refractivity contribution is -0.144. The van der Waals surface area contributed by atoms with Gasteiger partial charge in [0.2, 0.25) is 0 Å². The van der Waals surface area contributed by atoms with Gasteiger partial charge in [0.05, 0.1) is 6.10 Å². The van der Waals surface area contributed by atoms with Gasteiger partial charge in [-0.05, 0) is 43.4 Å². The second kappa shape index (κ2) is 6.03. The first-order valence-electron chi connectivity index (χ1n) is 7.61. The fourth-order valence-electron chi connectivity index (χ4n) is 2.87. The molecule has 0 spiro atoms. The van der Waals surface area contributed by atoms with Crippen molar-refractivity contribution in [3.05, 3.63) is 29.8 Å². The van der Waals surface area contributed by atoms with Crippen LogP contribution in [0.15, 0.2) is 24.3 Å². The van der Waals surface area contributed by atoms with Crippen LogP contribution >= 0.6 is 0 Å². The van der Waals surface area contributed by atoms with E-state index in [0.29, 0.717) is 19.1 Å². The van der Waals surface area contributed by atoms with Gasteiger partial charge in [-0.2, -0.15) is 0 Å². The van der Waals surface area contributed by atoms with Crippen LogP contribution in [0.4, 0.5) is 0 Å². The number of benzene rings is 1. The van der Waals surface area contributed by atoms with E-state index < -0.39 is 0 Å². The molecule has 1 aromatic carbocycles. The predicted molar refractivity (Wildman–Crippen MR) is 78.6 cm³/mol. The lowest BCUT2D eigenvalue weighted by Crippen LogP contribution is -2.40. The molecule has 0 aromatic heterocycles. The van der Waals surface area contributed by atoms with Crippen molar-refractivity contribution in [3.63, 3.8) is 0 Å². The summed E-state index contributed by atoms with van der Waals surface area (Å²) in [6.45, 7) is 1.00. The molecule has 1 aromatic rings. The first-order valence-corrected chi connectivity index (χ1v) is 7.61. The van der Waals surface area contributed by atoms with Gasteiger partial charge in [0.25, 0.3) is 5.91 Å². The minimum atomic E-state index is -0.351. The number of phenolic OH excluding ortho intramolecular Hbond substituents is 1. The summed E-state index contributed by atoms with van der Waals surface area (Å²) < 4.78 is 5.73. The zero-order valence-corrected chi connectivity index (χ0v) is 12.1. The first-order chi connectivity index (χ1) is 10.2. The van der Waals surface area contributed by atoms with Crippen molar-refractivity contribution in [2.75, 3.05) is 6.54 Å². The van der Waals surface area contributed by atoms with Gasteiger partial charge in [-0.15, -0.1) is 0 Å². The molecule has 0 radical (unpaired) electrons. The third-order valence-electron chi connectivity index (χ3n) is 4.18. The molecule has 2 fully saturated rings. The van der Waals surface area contributed by atoms with Crippen molar-refractivity contribution in [3.8, 4) is 5.75 Å². The Bertz CT molecular complexity index is 516. The highest BCUT2D eigenvalue weighted by atomic mass is 16.5. The van der Waals surface area contributed by atoms with Crippen LogP contribution in [-0.2, 0) is 16.1 Å². The maximum absolute atomic E-state index is 12.7. The van der Waals surface area contributed by atoms with Crippen LogP contribution in [0.3, 0.4) is 0 Å². The average molecular weight is 290 g/mol. The van der Waals surface area contributed by atoms with Crippen LogP contribution < -0.4 is 5.73 Å². The molecule has 1 saturated heterocycles. The number of rotatable bonds is 5. The van der Waals surface area contributed by atoms with Crippen LogP contribution in [0, 0.1) is 0 Å². The molecule has 114 valence electrons. The van der Waals surface area contributed by atoms with Crippen molar-refractivity contribution in [2.24, 2.45) is 5.73 Å². The number of nitrogens with two attached hydrogens (primary N) is 1. The highest BCUT2D eigenvalue weighted by molar-refractivity contribution is 5.81. The van der Waals surface area contributed by atoms with Crippen molar-refractivity contribution < 1.29 is 14.6 Å². The van der Waals surface area contributed by atoms with Gasteiger partial charge >= 0.3 is 0 Å². The lowest BCUT2D eigenvalue weighted by atomic mass is 10.1. The van der Waals surface area contributed by atoms with Crippen LogP contribution in [0.2, 0.25) is 0 Å². The van der Waals surface area contributed by atoms with Gasteiger partial charge in [0.1, 0.15) is 11.9 Å². The third-order valence-corrected chi connectivity index (χ3v) is 4.18. The largest absolute Gasteiger partial charge is 0.508 e. The number of nitrogens with zero attached hydrogens (tertiary/aromatic N) is 1. The van der Waals surface area contributed by atoms with Crippen LogP contribution in [0.1, 0.15) is 31.2 Å². The molecule has 1 heterocycles. The Morgan fingerprint density at radius 2 is 2.14 bits per heavy atom. The molecule has 2 aliphatic rings. The summed E-state index contributed by atoms with van der Waals surface area (Å²) in [5, 5.41) is 9.55. The number of aromatic hydroxyl groups is 1. The number of carbonyl (C=O) groups excluding carboxylic acids is 1. The van der Waals surface area contributed by atoms with Crippen molar-refractivity contribution in [1.29, 1.82) is 0 Å². The Balaban J connectivity index is 1.68. The van der Waals surface area contributed by atoms with Crippen molar-refractivity contribution >= 4 is 5.91 Å². The van der Waals surface area contributed by atoms with E-state index in [1.54, 1.807) is 18.2 Å². The molecule has 1 aliphatic carbocycles. The fourth-order valence-corrected chi connectivity index (χ4v) is 2.87. The summed E-state index contributed by atoms with van der Waals surface area (Å²) in [5.41, 5.74) is 6.55. The number of carbonyl (C=O) groups is 1. The zero-order chi connectivity index (χ0) is 14.8. The number of hydrogen-bond donors (Lipinski definition) is 2. The van der Waals surface area contributed by atoms with E-state index in [2.05, 4.69) is 0 Å². The topological polar surface area (TPSA) is 75.8 Å². The Kier molecular flexibility index (Phi) is 4.12. The first kappa shape index (κ1) is 14.4. The number of amides is 1. The minimum absolute atomic E-state index is 0.0146. The third kappa shape index (κ3) is 3.36. The van der Waals surface area contributed by atoms with Gasteiger partial charge in [0, 0.05) is 19.1 Å². The van der Waals surface area contributed by atoms with Crippen LogP contribution in [0.25, 0.3) is 0 Å². The summed E-state index contributed by atoms with van der Waals surface area (Å²) in [6, 6.07) is 7.40. The fraction of sp³-hybridized carbons (Fsp3) is 0.562. The van der Waals surface area contributed by atoms with E-state index in [9.17, 15) is 9.90 Å². The molecule has 1 saturated carbocycles. The number of phenols is 1. The standard InChI is InChI=1S/C16H22N2O3/c17-9-14-6-7-15(21-14)16(20)18(12-4-5-12)10-11-2-1-3-13(19)8-11/h1-3,8,12,14-15,19H,4-7,9-10,17H2. The van der Waals surface area contributed by atoms with Crippen LogP contribution in [0.5, 0.6) is 5.75 Å². The SMILES string of the molecule is NCC1CCC(C(=O)N(Cc2cccc(O)c2)C2CC2)O1. The summed E-state index contributed by atoms with van der Waals surface area (Å²) in [6.07, 6.45) is 3.38. The molecule has 1 amide bonds. The zero-order valence-electron chi connectivity index (χ0n) is 12.1. The predicted octanol–water partition coefficient (Wildman–Crippen LogP) is 1.39. The maximum Gasteiger partial charge on any atom is 0.252 e. The Hall–Kier alpha value is -1.59. The van der Waals surface area contributed by atoms with Gasteiger partial charge in [-0.3, -0.25) is 4.79 Å². The molecule has 5 nitrogen and oxygen atoms in total. The Morgan fingerprint density at radius 1 is 1.33 bits per heavy atom. The molecule has 2 atom stereocenters. The van der Waals surface area contributed by atoms with Crippen molar-refractivity contribution in [2.45, 2.75) is 50.5 Å². The van der Waals surface area contributed by atoms with E-state index in [4.69, 9.17) is 10.5 Å². The highest BCUT2D eigenvalue weighted by Gasteiger charge is 2.39. The molecule has 5 heteroatoms. The average Bonchev–Trinajstić information content (AvgIpc) is 3.20. The summed E-state index contributed by atoms with van der Waals surface area (Å²) in [4.78, 5) is 14.6. The summed E-state index contributed by atoms with van der Waals surface area (Å²) >= 11 is 0. The molecule has 0 bridgehead atoms. The number of ether oxygens (including phenoxy) is 1. The van der Waals surface area contributed by atoms with E-state index in [1.807, 2.05) is 11.0 Å². The smallest absolute Gasteiger partial charge is 0.252 e. The summed E-state index contributed by atoms with van der Waals surface area (Å²) in [7, 11) is 0. The second-order valence-electron chi connectivity index (χ2n) is 5.93. The maximum atomic E-state index is 12.7. The van der Waals surface area contributed by atoms with Crippen LogP contribution in [-0.4, -0.2) is 40.7 Å². The van der Waals surface area contributed by atoms with E-state index in [1.165, 1.54) is 0 Å². The molecule has 1 aliphatic heterocycles. The Morgan fingerprint density at radius 3 is 2.76 bits per heavy atom. The quantitative estimate of drug-likeness (QED) is 0.859. The molecule has 3 N–H and O–H groups in total. The van der Waals surface area contributed by atoms with E-state index in [-0.39, 0.29) is 23.9 Å². The molecule has 3 rings (SSSR count). The van der Waals surface area contributed by atoms with E-state index in [0.717, 1.165) is 31.2 Å². The van der Waals surface area contributed by atoms with Crippen molar-refractivity contribution in [1.82, 2.24) is 4.90 Å². The summed E-state index contributed by atoms with van der Waals surface area (Å²) in [5.74, 6) is 0.299. The highest BCUT2D eigenvalue weighted by Crippen LogP contribution is 2.31. The molecular formula is C16H22N2O3. The number of hydrogen-bond acceptors (Lipinski definition) is 4. The monoisotopic (exact) mass is 290 g/mol. The Labute approximate surface area is 124 Å². The van der Waals surface area contributed by atoms with Gasteiger partial charge < -0.3 is 20.5 Å². The molecule has 2 unspecified atom stereocenters. The molecule has 21 heavy (non-hydrogen) atoms. The van der Waals surface area contributed by atoms with Gasteiger partial charge in [-0.1, -0.05) is 12.1 Å². The molecular weight excluding hydrogens is 268 g/mol.